The van der Waals surface area contributed by atoms with Gasteiger partial charge in [0.05, 0.1) is 12.3 Å². The molecule has 1 heterocycles. The van der Waals surface area contributed by atoms with Crippen molar-refractivity contribution in [3.8, 4) is 0 Å². The minimum Gasteiger partial charge on any atom is -0.293 e. The Morgan fingerprint density at radius 2 is 1.83 bits per heavy atom. The number of aromatic nitrogens is 4. The van der Waals surface area contributed by atoms with E-state index in [4.69, 9.17) is 11.6 Å². The third-order valence-electron chi connectivity index (χ3n) is 3.17. The fourth-order valence-electron chi connectivity index (χ4n) is 2.00. The van der Waals surface area contributed by atoms with Crippen molar-refractivity contribution in [3.63, 3.8) is 0 Å². The molecule has 1 aromatic heterocycles. The Morgan fingerprint density at radius 1 is 1.09 bits per heavy atom. The lowest BCUT2D eigenvalue weighted by Crippen LogP contribution is -2.07. The molecule has 116 valence electrons. The molecule has 0 atom stereocenters. The molecule has 5 nitrogen and oxygen atoms in total. The molecule has 0 aliphatic heterocycles. The maximum absolute atomic E-state index is 12.2. The number of thioether (sulfide) groups is 1. The maximum Gasteiger partial charge on any atom is 0.210 e. The van der Waals surface area contributed by atoms with Gasteiger partial charge in [0.15, 0.2) is 5.78 Å². The number of tetrazole rings is 1. The molecule has 0 aliphatic carbocycles. The fourth-order valence-corrected chi connectivity index (χ4v) is 2.90. The Balaban J connectivity index is 1.64. The van der Waals surface area contributed by atoms with E-state index in [2.05, 4.69) is 15.5 Å². The third kappa shape index (κ3) is 4.18. The summed E-state index contributed by atoms with van der Waals surface area (Å²) in [5, 5.41) is 12.9. The molecule has 0 fully saturated rings. The van der Waals surface area contributed by atoms with Gasteiger partial charge in [0.25, 0.3) is 0 Å². The van der Waals surface area contributed by atoms with Crippen molar-refractivity contribution in [2.45, 2.75) is 11.7 Å². The van der Waals surface area contributed by atoms with Gasteiger partial charge in [0, 0.05) is 10.6 Å². The normalized spacial score (nSPS) is 10.7. The Morgan fingerprint density at radius 3 is 2.57 bits per heavy atom. The summed E-state index contributed by atoms with van der Waals surface area (Å²) in [4.78, 5) is 12.2. The number of hydrogen-bond donors (Lipinski definition) is 0. The topological polar surface area (TPSA) is 60.7 Å². The molecule has 0 amide bonds. The van der Waals surface area contributed by atoms with Gasteiger partial charge in [-0.2, -0.15) is 0 Å². The molecule has 7 heteroatoms. The van der Waals surface area contributed by atoms with E-state index in [-0.39, 0.29) is 11.5 Å². The fraction of sp³-hybridized carbons (Fsp3) is 0.125. The SMILES string of the molecule is O=C(CSc1nnnn1Cc1ccccc1)c1ccc(Cl)cc1. The van der Waals surface area contributed by atoms with Crippen LogP contribution >= 0.6 is 23.4 Å². The smallest absolute Gasteiger partial charge is 0.210 e. The minimum absolute atomic E-state index is 0.0147. The first kappa shape index (κ1) is 15.7. The molecule has 0 bridgehead atoms. The van der Waals surface area contributed by atoms with E-state index >= 15 is 0 Å². The number of ketones is 1. The lowest BCUT2D eigenvalue weighted by molar-refractivity contribution is 0.102. The summed E-state index contributed by atoms with van der Waals surface area (Å²) >= 11 is 7.15. The number of rotatable bonds is 6. The first-order valence-electron chi connectivity index (χ1n) is 6.94. The number of nitrogens with zero attached hydrogens (tertiary/aromatic N) is 4. The number of carbonyl (C=O) groups is 1. The number of Topliss-reactive ketones (excluding diaryl/α,β-unsaturated/α-hetero) is 1. The summed E-state index contributed by atoms with van der Waals surface area (Å²) in [6.07, 6.45) is 0. The summed E-state index contributed by atoms with van der Waals surface area (Å²) in [6.45, 7) is 0.575. The summed E-state index contributed by atoms with van der Waals surface area (Å²) < 4.78 is 1.69. The molecule has 0 radical (unpaired) electrons. The van der Waals surface area contributed by atoms with E-state index in [0.29, 0.717) is 22.3 Å². The van der Waals surface area contributed by atoms with E-state index < -0.39 is 0 Å². The van der Waals surface area contributed by atoms with Gasteiger partial charge in [-0.05, 0) is 40.3 Å². The third-order valence-corrected chi connectivity index (χ3v) is 4.38. The van der Waals surface area contributed by atoms with Crippen LogP contribution < -0.4 is 0 Å². The second-order valence-corrected chi connectivity index (χ2v) is 6.20. The Labute approximate surface area is 142 Å². The van der Waals surface area contributed by atoms with Crippen molar-refractivity contribution in [1.82, 2.24) is 20.2 Å². The van der Waals surface area contributed by atoms with Gasteiger partial charge in [-0.3, -0.25) is 4.79 Å². The van der Waals surface area contributed by atoms with Crippen LogP contribution in [0.25, 0.3) is 0 Å². The molecule has 0 N–H and O–H groups in total. The van der Waals surface area contributed by atoms with Crippen molar-refractivity contribution >= 4 is 29.1 Å². The second kappa shape index (κ2) is 7.39. The van der Waals surface area contributed by atoms with E-state index in [0.717, 1.165) is 5.56 Å². The van der Waals surface area contributed by atoms with Crippen LogP contribution in [0.15, 0.2) is 59.8 Å². The monoisotopic (exact) mass is 344 g/mol. The van der Waals surface area contributed by atoms with Gasteiger partial charge in [0.1, 0.15) is 0 Å². The highest BCUT2D eigenvalue weighted by Crippen LogP contribution is 2.18. The molecule has 0 aliphatic rings. The summed E-state index contributed by atoms with van der Waals surface area (Å²) in [6, 6.07) is 16.8. The first-order valence-corrected chi connectivity index (χ1v) is 8.30. The number of benzene rings is 2. The highest BCUT2D eigenvalue weighted by Gasteiger charge is 2.12. The summed E-state index contributed by atoms with van der Waals surface area (Å²) in [5.74, 6) is 0.289. The van der Waals surface area contributed by atoms with Crippen LogP contribution in [-0.4, -0.2) is 31.7 Å². The van der Waals surface area contributed by atoms with Crippen LogP contribution in [0.3, 0.4) is 0 Å². The minimum atomic E-state index is 0.0147. The molecule has 23 heavy (non-hydrogen) atoms. The van der Waals surface area contributed by atoms with Crippen LogP contribution in [0.4, 0.5) is 0 Å². The largest absolute Gasteiger partial charge is 0.293 e. The molecule has 0 saturated heterocycles. The van der Waals surface area contributed by atoms with Crippen LogP contribution in [-0.2, 0) is 6.54 Å². The zero-order chi connectivity index (χ0) is 16.1. The standard InChI is InChI=1S/C16H13ClN4OS/c17-14-8-6-13(7-9-14)15(22)11-23-16-18-19-20-21(16)10-12-4-2-1-3-5-12/h1-9H,10-11H2. The lowest BCUT2D eigenvalue weighted by atomic mass is 10.1. The molecule has 0 saturated carbocycles. The summed E-state index contributed by atoms with van der Waals surface area (Å²) in [7, 11) is 0. The zero-order valence-electron chi connectivity index (χ0n) is 12.1. The van der Waals surface area contributed by atoms with Gasteiger partial charge in [-0.15, -0.1) is 5.10 Å². The van der Waals surface area contributed by atoms with Crippen molar-refractivity contribution in [1.29, 1.82) is 0 Å². The van der Waals surface area contributed by atoms with E-state index in [9.17, 15) is 4.79 Å². The van der Waals surface area contributed by atoms with Crippen molar-refractivity contribution < 1.29 is 4.79 Å². The first-order chi connectivity index (χ1) is 11.2. The van der Waals surface area contributed by atoms with Gasteiger partial charge >= 0.3 is 0 Å². The molecule has 3 rings (SSSR count). The number of carbonyl (C=O) groups excluding carboxylic acids is 1. The lowest BCUT2D eigenvalue weighted by Gasteiger charge is -2.04. The highest BCUT2D eigenvalue weighted by molar-refractivity contribution is 7.99. The average Bonchev–Trinajstić information content (AvgIpc) is 3.01. The van der Waals surface area contributed by atoms with E-state index in [1.165, 1.54) is 11.8 Å². The Bertz CT molecular complexity index is 789. The van der Waals surface area contributed by atoms with Crippen molar-refractivity contribution in [2.24, 2.45) is 0 Å². The Kier molecular flexibility index (Phi) is 5.05. The van der Waals surface area contributed by atoms with E-state index in [1.807, 2.05) is 30.3 Å². The zero-order valence-corrected chi connectivity index (χ0v) is 13.7. The molecule has 0 spiro atoms. The quantitative estimate of drug-likeness (QED) is 0.507. The van der Waals surface area contributed by atoms with Gasteiger partial charge in [0.2, 0.25) is 5.16 Å². The molecular formula is C16H13ClN4OS. The predicted molar refractivity (Wildman–Crippen MR) is 89.9 cm³/mol. The highest BCUT2D eigenvalue weighted by atomic mass is 35.5. The number of halogens is 1. The van der Waals surface area contributed by atoms with Crippen molar-refractivity contribution in [3.05, 3.63) is 70.7 Å². The number of hydrogen-bond acceptors (Lipinski definition) is 5. The second-order valence-electron chi connectivity index (χ2n) is 4.82. The average molecular weight is 345 g/mol. The Hall–Kier alpha value is -2.18. The predicted octanol–water partition coefficient (Wildman–Crippen LogP) is 3.35. The molecule has 2 aromatic carbocycles. The van der Waals surface area contributed by atoms with Crippen LogP contribution in [0.5, 0.6) is 0 Å². The maximum atomic E-state index is 12.2. The summed E-state index contributed by atoms with van der Waals surface area (Å²) in [5.41, 5.74) is 1.73. The van der Waals surface area contributed by atoms with Gasteiger partial charge < -0.3 is 0 Å². The van der Waals surface area contributed by atoms with Crippen LogP contribution in [0.1, 0.15) is 15.9 Å². The molecular weight excluding hydrogens is 332 g/mol. The molecule has 3 aromatic rings. The van der Waals surface area contributed by atoms with Crippen LogP contribution in [0.2, 0.25) is 5.02 Å². The van der Waals surface area contributed by atoms with Crippen LogP contribution in [0, 0.1) is 0 Å². The van der Waals surface area contributed by atoms with Gasteiger partial charge in [-0.25, -0.2) is 4.68 Å². The van der Waals surface area contributed by atoms with Gasteiger partial charge in [-0.1, -0.05) is 53.7 Å². The molecule has 0 unspecified atom stereocenters. The van der Waals surface area contributed by atoms with E-state index in [1.54, 1.807) is 28.9 Å². The van der Waals surface area contributed by atoms with Crippen molar-refractivity contribution in [2.75, 3.05) is 5.75 Å².